The molecule has 4 rings (SSSR count). The van der Waals surface area contributed by atoms with Crippen molar-refractivity contribution >= 4 is 16.6 Å². The van der Waals surface area contributed by atoms with E-state index >= 15 is 0 Å². The minimum absolute atomic E-state index is 0.109. The maximum Gasteiger partial charge on any atom is 0.196 e. The van der Waals surface area contributed by atoms with Crippen molar-refractivity contribution < 1.29 is 9.18 Å². The van der Waals surface area contributed by atoms with E-state index in [2.05, 4.69) is 24.3 Å². The maximum absolute atomic E-state index is 14.1. The summed E-state index contributed by atoms with van der Waals surface area (Å²) in [7, 11) is 0. The Morgan fingerprint density at radius 3 is 2.12 bits per heavy atom. The van der Waals surface area contributed by atoms with Crippen molar-refractivity contribution in [2.24, 2.45) is 0 Å². The molecule has 0 spiro atoms. The summed E-state index contributed by atoms with van der Waals surface area (Å²) in [6.07, 6.45) is 0.623. The lowest BCUT2D eigenvalue weighted by molar-refractivity contribution is 0.103. The van der Waals surface area contributed by atoms with Crippen molar-refractivity contribution in [3.63, 3.8) is 0 Å². The topological polar surface area (TPSA) is 17.1 Å². The summed E-state index contributed by atoms with van der Waals surface area (Å²) < 4.78 is 14.1. The summed E-state index contributed by atoms with van der Waals surface area (Å²) in [5.74, 6) is -0.767. The van der Waals surface area contributed by atoms with Gasteiger partial charge in [-0.2, -0.15) is 0 Å². The highest BCUT2D eigenvalue weighted by molar-refractivity contribution is 6.10. The van der Waals surface area contributed by atoms with Gasteiger partial charge in [0.1, 0.15) is 5.82 Å². The van der Waals surface area contributed by atoms with E-state index in [9.17, 15) is 9.18 Å². The number of hydrogen-bond acceptors (Lipinski definition) is 1. The van der Waals surface area contributed by atoms with Gasteiger partial charge in [0.25, 0.3) is 0 Å². The molecule has 0 aliphatic heterocycles. The zero-order chi connectivity index (χ0) is 17.9. The molecule has 26 heavy (non-hydrogen) atoms. The first-order valence-electron chi connectivity index (χ1n) is 8.58. The molecule has 4 aromatic carbocycles. The third-order valence-electron chi connectivity index (χ3n) is 4.64. The summed E-state index contributed by atoms with van der Waals surface area (Å²) >= 11 is 0. The first-order valence-corrected chi connectivity index (χ1v) is 8.58. The van der Waals surface area contributed by atoms with Gasteiger partial charge < -0.3 is 0 Å². The molecular formula is C24H17FO. The van der Waals surface area contributed by atoms with Gasteiger partial charge in [-0.15, -0.1) is 0 Å². The number of carbonyl (C=O) groups is 1. The molecule has 4 aromatic rings. The van der Waals surface area contributed by atoms with E-state index in [1.165, 1.54) is 22.9 Å². The van der Waals surface area contributed by atoms with Crippen LogP contribution in [0.5, 0.6) is 0 Å². The fraction of sp³-hybridized carbons (Fsp3) is 0.0417. The lowest BCUT2D eigenvalue weighted by atomic mass is 9.92. The zero-order valence-corrected chi connectivity index (χ0v) is 14.2. The smallest absolute Gasteiger partial charge is 0.196 e. The number of carbonyl (C=O) groups excluding carboxylic acids is 1. The molecule has 0 saturated heterocycles. The van der Waals surface area contributed by atoms with Crippen LogP contribution in [-0.2, 0) is 6.42 Å². The van der Waals surface area contributed by atoms with Crippen molar-refractivity contribution in [2.45, 2.75) is 6.42 Å². The molecule has 2 heteroatoms. The van der Waals surface area contributed by atoms with E-state index in [0.717, 1.165) is 11.1 Å². The highest BCUT2D eigenvalue weighted by Crippen LogP contribution is 2.24. The molecule has 0 atom stereocenters. The van der Waals surface area contributed by atoms with Crippen molar-refractivity contribution in [3.8, 4) is 0 Å². The van der Waals surface area contributed by atoms with Crippen LogP contribution in [0.15, 0.2) is 91.0 Å². The van der Waals surface area contributed by atoms with Gasteiger partial charge in [-0.05, 0) is 40.5 Å². The van der Waals surface area contributed by atoms with E-state index in [1.807, 2.05) is 36.4 Å². The van der Waals surface area contributed by atoms with Crippen LogP contribution in [0.3, 0.4) is 0 Å². The molecule has 0 amide bonds. The quantitative estimate of drug-likeness (QED) is 0.429. The molecule has 0 aliphatic carbocycles. The second-order valence-corrected chi connectivity index (χ2v) is 6.28. The summed E-state index contributed by atoms with van der Waals surface area (Å²) in [5.41, 5.74) is 2.71. The van der Waals surface area contributed by atoms with Gasteiger partial charge >= 0.3 is 0 Å². The highest BCUT2D eigenvalue weighted by atomic mass is 19.1. The first kappa shape index (κ1) is 16.2. The predicted molar refractivity (Wildman–Crippen MR) is 103 cm³/mol. The average molecular weight is 340 g/mol. The number of benzene rings is 4. The molecule has 0 saturated carbocycles. The van der Waals surface area contributed by atoms with Crippen molar-refractivity contribution in [2.75, 3.05) is 0 Å². The molecule has 0 bridgehead atoms. The standard InChI is InChI=1S/C24H17FO/c25-23-15-6-5-14-22(23)24(26)21-13-4-2-9-19(21)16-18-11-7-10-17-8-1-3-12-20(17)18/h1-15H,16H2. The number of ketones is 1. The summed E-state index contributed by atoms with van der Waals surface area (Å²) in [4.78, 5) is 12.9. The van der Waals surface area contributed by atoms with Crippen molar-refractivity contribution in [1.29, 1.82) is 0 Å². The summed E-state index contributed by atoms with van der Waals surface area (Å²) in [6.45, 7) is 0. The third kappa shape index (κ3) is 3.02. The van der Waals surface area contributed by atoms with Gasteiger partial charge in [-0.25, -0.2) is 4.39 Å². The number of fused-ring (bicyclic) bond motifs is 1. The van der Waals surface area contributed by atoms with Crippen LogP contribution < -0.4 is 0 Å². The predicted octanol–water partition coefficient (Wildman–Crippen LogP) is 5.80. The molecule has 0 N–H and O–H groups in total. The Hall–Kier alpha value is -3.26. The van der Waals surface area contributed by atoms with Crippen molar-refractivity contribution in [1.82, 2.24) is 0 Å². The van der Waals surface area contributed by atoms with E-state index in [1.54, 1.807) is 18.2 Å². The Morgan fingerprint density at radius 1 is 0.654 bits per heavy atom. The lowest BCUT2D eigenvalue weighted by Crippen LogP contribution is -2.08. The zero-order valence-electron chi connectivity index (χ0n) is 14.2. The van der Waals surface area contributed by atoms with Crippen LogP contribution in [-0.4, -0.2) is 5.78 Å². The fourth-order valence-corrected chi connectivity index (χ4v) is 3.34. The van der Waals surface area contributed by atoms with E-state index in [0.29, 0.717) is 12.0 Å². The molecular weight excluding hydrogens is 323 g/mol. The van der Waals surface area contributed by atoms with Gasteiger partial charge in [-0.1, -0.05) is 78.9 Å². The van der Waals surface area contributed by atoms with E-state index in [-0.39, 0.29) is 11.3 Å². The highest BCUT2D eigenvalue weighted by Gasteiger charge is 2.17. The second-order valence-electron chi connectivity index (χ2n) is 6.28. The van der Waals surface area contributed by atoms with Crippen LogP contribution in [0.1, 0.15) is 27.0 Å². The van der Waals surface area contributed by atoms with Crippen LogP contribution in [0.4, 0.5) is 4.39 Å². The van der Waals surface area contributed by atoms with Gasteiger partial charge in [-0.3, -0.25) is 4.79 Å². The van der Waals surface area contributed by atoms with Crippen LogP contribution in [0.25, 0.3) is 10.8 Å². The van der Waals surface area contributed by atoms with Gasteiger partial charge in [0, 0.05) is 5.56 Å². The Labute approximate surface area is 151 Å². The van der Waals surface area contributed by atoms with Gasteiger partial charge in [0.15, 0.2) is 5.78 Å². The van der Waals surface area contributed by atoms with E-state index in [4.69, 9.17) is 0 Å². The molecule has 0 unspecified atom stereocenters. The van der Waals surface area contributed by atoms with Crippen LogP contribution in [0.2, 0.25) is 0 Å². The lowest BCUT2D eigenvalue weighted by Gasteiger charge is -2.11. The number of hydrogen-bond donors (Lipinski definition) is 0. The van der Waals surface area contributed by atoms with Gasteiger partial charge in [0.2, 0.25) is 0 Å². The van der Waals surface area contributed by atoms with Gasteiger partial charge in [0.05, 0.1) is 5.56 Å². The minimum Gasteiger partial charge on any atom is -0.288 e. The Morgan fingerprint density at radius 2 is 1.27 bits per heavy atom. The maximum atomic E-state index is 14.1. The fourth-order valence-electron chi connectivity index (χ4n) is 3.34. The Bertz CT molecular complexity index is 1090. The molecule has 126 valence electrons. The van der Waals surface area contributed by atoms with Crippen LogP contribution in [0, 0.1) is 5.82 Å². The number of rotatable bonds is 4. The molecule has 0 aromatic heterocycles. The van der Waals surface area contributed by atoms with E-state index < -0.39 is 5.82 Å². The normalized spacial score (nSPS) is 10.8. The summed E-state index contributed by atoms with van der Waals surface area (Å²) in [6, 6.07) is 28.0. The molecule has 0 aliphatic rings. The second kappa shape index (κ2) is 6.93. The molecule has 0 fully saturated rings. The molecule has 1 nitrogen and oxygen atoms in total. The summed E-state index contributed by atoms with van der Waals surface area (Å²) in [5, 5.41) is 2.34. The SMILES string of the molecule is O=C(c1ccccc1F)c1ccccc1Cc1cccc2ccccc12. The molecule has 0 radical (unpaired) electrons. The molecule has 0 heterocycles. The minimum atomic E-state index is -0.488. The first-order chi connectivity index (χ1) is 12.7. The van der Waals surface area contributed by atoms with Crippen molar-refractivity contribution in [3.05, 3.63) is 119 Å². The Kier molecular flexibility index (Phi) is 4.32. The van der Waals surface area contributed by atoms with Crippen LogP contribution >= 0.6 is 0 Å². The monoisotopic (exact) mass is 340 g/mol. The third-order valence-corrected chi connectivity index (χ3v) is 4.64. The average Bonchev–Trinajstić information content (AvgIpc) is 2.69. The number of halogens is 1. The largest absolute Gasteiger partial charge is 0.288 e. The Balaban J connectivity index is 1.77.